The molecule has 0 aliphatic carbocycles. The summed E-state index contributed by atoms with van der Waals surface area (Å²) in [4.78, 5) is 0. The number of aliphatic hydroxyl groups is 4. The predicted octanol–water partition coefficient (Wildman–Crippen LogP) is 0.685. The van der Waals surface area contributed by atoms with Crippen LogP contribution in [0.5, 0.6) is 28.7 Å². The Kier molecular flexibility index (Phi) is 6.15. The third-order valence-corrected chi connectivity index (χ3v) is 5.35. The zero-order valence-electron chi connectivity index (χ0n) is 17.3. The number of rotatable bonds is 5. The molecule has 0 spiro atoms. The second-order valence-electron chi connectivity index (χ2n) is 7.52. The first-order valence-corrected chi connectivity index (χ1v) is 9.91. The van der Waals surface area contributed by atoms with Gasteiger partial charge in [-0.05, 0) is 12.1 Å². The van der Waals surface area contributed by atoms with Gasteiger partial charge in [-0.1, -0.05) is 0 Å². The van der Waals surface area contributed by atoms with Crippen molar-refractivity contribution in [1.82, 2.24) is 0 Å². The molecule has 2 aromatic carbocycles. The number of phenols is 3. The Bertz CT molecular complexity index is 1160. The van der Waals surface area contributed by atoms with Gasteiger partial charge in [0.1, 0.15) is 41.3 Å². The van der Waals surface area contributed by atoms with Crippen LogP contribution < -0.4 is 9.47 Å². The third kappa shape index (κ3) is 4.19. The van der Waals surface area contributed by atoms with Crippen molar-refractivity contribution in [3.63, 3.8) is 0 Å². The van der Waals surface area contributed by atoms with Crippen molar-refractivity contribution < 1.29 is 54.4 Å². The second kappa shape index (κ2) is 8.89. The van der Waals surface area contributed by atoms with E-state index >= 15 is 0 Å². The maximum Gasteiger partial charge on any atom is 0.402 e. The fraction of sp³-hybridized carbons (Fsp3) is 0.318. The molecule has 2 heterocycles. The summed E-state index contributed by atoms with van der Waals surface area (Å²) in [5, 5.41) is 70.0. The molecule has 5 atom stereocenters. The van der Waals surface area contributed by atoms with Crippen LogP contribution in [-0.2, 0) is 4.74 Å². The molecule has 11 heteroatoms. The molecule has 176 valence electrons. The number of methoxy groups -OCH3 is 1. The number of phenolic OH excluding ortho intramolecular Hbond substituents is 3. The molecule has 33 heavy (non-hydrogen) atoms. The molecule has 7 N–H and O–H groups in total. The van der Waals surface area contributed by atoms with Crippen LogP contribution in [0.3, 0.4) is 0 Å². The molecule has 3 aromatic rings. The molecular formula is C22H23O11+. The number of aromatic hydroxyl groups is 3. The highest BCUT2D eigenvalue weighted by Crippen LogP contribution is 2.42. The number of hydrogen-bond acceptors (Lipinski definition) is 10. The van der Waals surface area contributed by atoms with Crippen molar-refractivity contribution in [2.24, 2.45) is 0 Å². The van der Waals surface area contributed by atoms with Gasteiger partial charge in [0, 0.05) is 18.2 Å². The maximum absolute atomic E-state index is 10.4. The normalized spacial score (nSPS) is 25.2. The highest BCUT2D eigenvalue weighted by molar-refractivity contribution is 5.88. The van der Waals surface area contributed by atoms with E-state index < -0.39 is 37.3 Å². The zero-order chi connectivity index (χ0) is 23.9. The van der Waals surface area contributed by atoms with Crippen LogP contribution >= 0.6 is 0 Å². The average Bonchev–Trinajstić information content (AvgIpc) is 2.79. The second-order valence-corrected chi connectivity index (χ2v) is 7.52. The van der Waals surface area contributed by atoms with Crippen LogP contribution in [0.2, 0.25) is 0 Å². The smallest absolute Gasteiger partial charge is 0.402 e. The van der Waals surface area contributed by atoms with E-state index in [1.165, 1.54) is 37.4 Å². The van der Waals surface area contributed by atoms with Gasteiger partial charge in [0.2, 0.25) is 12.0 Å². The van der Waals surface area contributed by atoms with Gasteiger partial charge in [0.05, 0.1) is 25.3 Å². The van der Waals surface area contributed by atoms with E-state index in [0.29, 0.717) is 5.56 Å². The summed E-state index contributed by atoms with van der Waals surface area (Å²) in [6.07, 6.45) is -7.65. The Hall–Kier alpha value is -3.35. The quantitative estimate of drug-likeness (QED) is 0.264. The molecule has 1 aromatic heterocycles. The fourth-order valence-corrected chi connectivity index (χ4v) is 3.58. The number of hydrogen-bond donors (Lipinski definition) is 7. The highest BCUT2D eigenvalue weighted by Gasteiger charge is 2.45. The standard InChI is InChI=1S/C22H22O11/c1-30-15-4-9(2-3-12(15)25)21-16(7-11-13(26)5-10(24)6-14(11)31-21)32-22-20(29)19(28)18(27)17(8-23)33-22/h2-7,17-20,22-23,27-29H,8H2,1H3,(H2-,24,25,26)/p+1. The van der Waals surface area contributed by atoms with Gasteiger partial charge < -0.3 is 50.0 Å². The summed E-state index contributed by atoms with van der Waals surface area (Å²) in [5.74, 6) is -0.583. The molecular weight excluding hydrogens is 440 g/mol. The maximum atomic E-state index is 10.4. The Balaban J connectivity index is 1.84. The van der Waals surface area contributed by atoms with E-state index in [1.807, 2.05) is 0 Å². The lowest BCUT2D eigenvalue weighted by molar-refractivity contribution is -0.277. The molecule has 1 aliphatic heterocycles. The Morgan fingerprint density at radius 2 is 1.67 bits per heavy atom. The summed E-state index contributed by atoms with van der Waals surface area (Å²) < 4.78 is 22.2. The SMILES string of the molecule is COc1cc(-c2[o+]c3cc(O)cc(O)c3cc2OC2OC(CO)C(O)C(O)C2O)ccc1O. The summed E-state index contributed by atoms with van der Waals surface area (Å²) in [5.41, 5.74) is 0.449. The third-order valence-electron chi connectivity index (χ3n) is 5.35. The van der Waals surface area contributed by atoms with E-state index in [-0.39, 0.29) is 45.5 Å². The molecule has 0 amide bonds. The first-order chi connectivity index (χ1) is 15.7. The molecule has 4 rings (SSSR count). The molecule has 5 unspecified atom stereocenters. The number of ether oxygens (including phenoxy) is 3. The first kappa shape index (κ1) is 22.8. The summed E-state index contributed by atoms with van der Waals surface area (Å²) in [6.45, 7) is -0.644. The van der Waals surface area contributed by atoms with E-state index in [4.69, 9.17) is 18.6 Å². The molecule has 0 saturated carbocycles. The summed E-state index contributed by atoms with van der Waals surface area (Å²) in [7, 11) is 1.36. The van der Waals surface area contributed by atoms with Gasteiger partial charge in [0.15, 0.2) is 11.5 Å². The minimum atomic E-state index is -1.69. The summed E-state index contributed by atoms with van der Waals surface area (Å²) in [6, 6.07) is 8.02. The van der Waals surface area contributed by atoms with Gasteiger partial charge in [-0.25, -0.2) is 4.42 Å². The van der Waals surface area contributed by atoms with Gasteiger partial charge in [0.25, 0.3) is 0 Å². The largest absolute Gasteiger partial charge is 0.507 e. The number of aliphatic hydroxyl groups excluding tert-OH is 4. The van der Waals surface area contributed by atoms with Crippen molar-refractivity contribution in [3.8, 4) is 40.1 Å². The fourth-order valence-electron chi connectivity index (χ4n) is 3.58. The van der Waals surface area contributed by atoms with E-state index in [2.05, 4.69) is 0 Å². The van der Waals surface area contributed by atoms with Crippen molar-refractivity contribution in [3.05, 3.63) is 36.4 Å². The van der Waals surface area contributed by atoms with Gasteiger partial charge in [-0.15, -0.1) is 0 Å². The summed E-state index contributed by atoms with van der Waals surface area (Å²) >= 11 is 0. The molecule has 0 radical (unpaired) electrons. The topological polar surface area (TPSA) is 181 Å². The van der Waals surface area contributed by atoms with Crippen molar-refractivity contribution in [2.75, 3.05) is 13.7 Å². The minimum Gasteiger partial charge on any atom is -0.507 e. The molecule has 1 aliphatic rings. The van der Waals surface area contributed by atoms with Crippen molar-refractivity contribution >= 4 is 11.0 Å². The van der Waals surface area contributed by atoms with Crippen LogP contribution in [0, 0.1) is 0 Å². The minimum absolute atomic E-state index is 0.0442. The molecule has 0 bridgehead atoms. The van der Waals surface area contributed by atoms with Gasteiger partial charge in [-0.2, -0.15) is 0 Å². The first-order valence-electron chi connectivity index (χ1n) is 9.91. The lowest BCUT2D eigenvalue weighted by Crippen LogP contribution is -2.60. The van der Waals surface area contributed by atoms with Crippen LogP contribution in [0.15, 0.2) is 40.8 Å². The number of fused-ring (bicyclic) bond motifs is 1. The van der Waals surface area contributed by atoms with Gasteiger partial charge >= 0.3 is 11.3 Å². The molecule has 1 fully saturated rings. The average molecular weight is 463 g/mol. The van der Waals surface area contributed by atoms with Gasteiger partial charge in [-0.3, -0.25) is 0 Å². The Labute approximate surface area is 186 Å². The Morgan fingerprint density at radius 3 is 2.36 bits per heavy atom. The zero-order valence-corrected chi connectivity index (χ0v) is 17.3. The number of benzene rings is 2. The van der Waals surface area contributed by atoms with Crippen LogP contribution in [-0.4, -0.2) is 80.2 Å². The monoisotopic (exact) mass is 463 g/mol. The lowest BCUT2D eigenvalue weighted by Gasteiger charge is -2.39. The van der Waals surface area contributed by atoms with Crippen LogP contribution in [0.4, 0.5) is 0 Å². The predicted molar refractivity (Wildman–Crippen MR) is 112 cm³/mol. The van der Waals surface area contributed by atoms with Crippen LogP contribution in [0.1, 0.15) is 0 Å². The van der Waals surface area contributed by atoms with E-state index in [1.54, 1.807) is 0 Å². The Morgan fingerprint density at radius 1 is 0.909 bits per heavy atom. The lowest BCUT2D eigenvalue weighted by atomic mass is 9.99. The molecule has 11 nitrogen and oxygen atoms in total. The van der Waals surface area contributed by atoms with Crippen LogP contribution in [0.25, 0.3) is 22.3 Å². The molecule has 1 saturated heterocycles. The van der Waals surface area contributed by atoms with E-state index in [9.17, 15) is 35.7 Å². The van der Waals surface area contributed by atoms with E-state index in [0.717, 1.165) is 6.07 Å². The highest BCUT2D eigenvalue weighted by atomic mass is 16.7. The van der Waals surface area contributed by atoms with Crippen molar-refractivity contribution in [1.29, 1.82) is 0 Å². The van der Waals surface area contributed by atoms with Crippen molar-refractivity contribution in [2.45, 2.75) is 30.7 Å².